The minimum atomic E-state index is -0.803. The summed E-state index contributed by atoms with van der Waals surface area (Å²) < 4.78 is 1.40. The molecule has 0 atom stereocenters. The number of fused-ring (bicyclic) bond motifs is 1. The van der Waals surface area contributed by atoms with Crippen molar-refractivity contribution in [1.29, 1.82) is 0 Å². The van der Waals surface area contributed by atoms with E-state index in [0.29, 0.717) is 35.9 Å². The summed E-state index contributed by atoms with van der Waals surface area (Å²) in [5.41, 5.74) is 1.01. The van der Waals surface area contributed by atoms with Gasteiger partial charge in [0.15, 0.2) is 0 Å². The summed E-state index contributed by atoms with van der Waals surface area (Å²) in [5.74, 6) is -0.803. The number of carboxylic acid groups (broad SMARTS) is 1. The van der Waals surface area contributed by atoms with E-state index in [2.05, 4.69) is 4.98 Å². The number of aromatic nitrogens is 2. The first-order chi connectivity index (χ1) is 9.95. The van der Waals surface area contributed by atoms with Gasteiger partial charge in [0.25, 0.3) is 5.56 Å². The first kappa shape index (κ1) is 15.5. The van der Waals surface area contributed by atoms with E-state index in [1.165, 1.54) is 16.7 Å². The number of nitrogens with zero attached hydrogens (tertiary/aromatic N) is 3. The third kappa shape index (κ3) is 4.27. The van der Waals surface area contributed by atoms with E-state index in [4.69, 9.17) is 16.7 Å². The number of hydrogen-bond acceptors (Lipinski definition) is 4. The minimum absolute atomic E-state index is 0.136. The highest BCUT2D eigenvalue weighted by Crippen LogP contribution is 2.09. The molecule has 0 fully saturated rings. The van der Waals surface area contributed by atoms with Crippen LogP contribution in [0.1, 0.15) is 18.5 Å². The molecule has 2 heterocycles. The smallest absolute Gasteiger partial charge is 0.303 e. The Labute approximate surface area is 126 Å². The van der Waals surface area contributed by atoms with Gasteiger partial charge in [0.2, 0.25) is 0 Å². The summed E-state index contributed by atoms with van der Waals surface area (Å²) in [4.78, 5) is 28.8. The highest BCUT2D eigenvalue weighted by molar-refractivity contribution is 6.30. The molecule has 0 spiro atoms. The molecule has 2 aromatic rings. The molecule has 0 aliphatic rings. The first-order valence-electron chi connectivity index (χ1n) is 6.54. The Morgan fingerprint density at radius 3 is 2.95 bits per heavy atom. The Bertz CT molecular complexity index is 714. The van der Waals surface area contributed by atoms with Crippen molar-refractivity contribution in [2.75, 3.05) is 13.6 Å². The van der Waals surface area contributed by atoms with Gasteiger partial charge in [0, 0.05) is 25.2 Å². The molecule has 0 aliphatic carbocycles. The van der Waals surface area contributed by atoms with Crippen LogP contribution in [0.4, 0.5) is 0 Å². The van der Waals surface area contributed by atoms with Crippen LogP contribution < -0.4 is 5.56 Å². The maximum Gasteiger partial charge on any atom is 0.303 e. The van der Waals surface area contributed by atoms with Gasteiger partial charge in [-0.2, -0.15) is 0 Å². The van der Waals surface area contributed by atoms with Gasteiger partial charge in [0.05, 0.1) is 10.7 Å². The third-order valence-corrected chi connectivity index (χ3v) is 3.26. The normalized spacial score (nSPS) is 11.2. The fourth-order valence-corrected chi connectivity index (χ4v) is 2.22. The Morgan fingerprint density at radius 1 is 1.48 bits per heavy atom. The number of carboxylic acids is 1. The van der Waals surface area contributed by atoms with Crippen LogP contribution in [0.2, 0.25) is 5.02 Å². The molecule has 0 aliphatic heterocycles. The van der Waals surface area contributed by atoms with Crippen molar-refractivity contribution >= 4 is 23.2 Å². The molecule has 0 unspecified atom stereocenters. The van der Waals surface area contributed by atoms with E-state index >= 15 is 0 Å². The molecule has 2 rings (SSSR count). The van der Waals surface area contributed by atoms with E-state index in [1.807, 2.05) is 11.9 Å². The summed E-state index contributed by atoms with van der Waals surface area (Å²) in [6.45, 7) is 1.13. The second kappa shape index (κ2) is 6.69. The summed E-state index contributed by atoms with van der Waals surface area (Å²) in [6.07, 6.45) is 2.23. The van der Waals surface area contributed by atoms with E-state index in [1.54, 1.807) is 12.1 Å². The number of halogens is 1. The second-order valence-electron chi connectivity index (χ2n) is 4.90. The van der Waals surface area contributed by atoms with Crippen molar-refractivity contribution < 1.29 is 9.90 Å². The molecule has 0 saturated heterocycles. The van der Waals surface area contributed by atoms with Crippen molar-refractivity contribution in [3.05, 3.63) is 45.5 Å². The lowest BCUT2D eigenvalue weighted by atomic mass is 10.3. The van der Waals surface area contributed by atoms with Crippen LogP contribution in [0, 0.1) is 0 Å². The monoisotopic (exact) mass is 309 g/mol. The molecule has 7 heteroatoms. The van der Waals surface area contributed by atoms with Gasteiger partial charge < -0.3 is 10.0 Å². The molecule has 0 aromatic carbocycles. The highest BCUT2D eigenvalue weighted by Gasteiger charge is 2.07. The molecule has 6 nitrogen and oxygen atoms in total. The largest absolute Gasteiger partial charge is 0.481 e. The molecule has 1 N–H and O–H groups in total. The zero-order valence-corrected chi connectivity index (χ0v) is 12.4. The van der Waals surface area contributed by atoms with Crippen molar-refractivity contribution in [3.63, 3.8) is 0 Å². The topological polar surface area (TPSA) is 74.9 Å². The van der Waals surface area contributed by atoms with Crippen LogP contribution in [0.15, 0.2) is 29.2 Å². The van der Waals surface area contributed by atoms with Gasteiger partial charge in [-0.15, -0.1) is 0 Å². The second-order valence-corrected chi connectivity index (χ2v) is 5.33. The lowest BCUT2D eigenvalue weighted by Crippen LogP contribution is -2.23. The summed E-state index contributed by atoms with van der Waals surface area (Å²) in [5, 5.41) is 9.08. The summed E-state index contributed by atoms with van der Waals surface area (Å²) >= 11 is 5.85. The first-order valence-corrected chi connectivity index (χ1v) is 6.91. The maximum absolute atomic E-state index is 12.0. The van der Waals surface area contributed by atoms with Crippen molar-refractivity contribution in [1.82, 2.24) is 14.3 Å². The zero-order valence-electron chi connectivity index (χ0n) is 11.6. The van der Waals surface area contributed by atoms with Crippen LogP contribution in [-0.4, -0.2) is 39.0 Å². The Hall–Kier alpha value is -1.92. The average Bonchev–Trinajstić information content (AvgIpc) is 2.39. The fraction of sp³-hybridized carbons (Fsp3) is 0.357. The number of pyridine rings is 1. The molecule has 112 valence electrons. The lowest BCUT2D eigenvalue weighted by Gasteiger charge is -2.15. The maximum atomic E-state index is 12.0. The number of rotatable bonds is 6. The van der Waals surface area contributed by atoms with Gasteiger partial charge >= 0.3 is 5.97 Å². The molecule has 0 radical (unpaired) electrons. The molecular formula is C14H16ClN3O3. The van der Waals surface area contributed by atoms with Gasteiger partial charge in [-0.05, 0) is 32.1 Å². The van der Waals surface area contributed by atoms with Gasteiger partial charge in [-0.25, -0.2) is 4.98 Å². The van der Waals surface area contributed by atoms with Gasteiger partial charge in [0.1, 0.15) is 5.65 Å². The number of hydrogen-bond donors (Lipinski definition) is 1. The summed E-state index contributed by atoms with van der Waals surface area (Å²) in [7, 11) is 1.87. The molecule has 0 amide bonds. The Morgan fingerprint density at radius 2 is 2.24 bits per heavy atom. The Balaban J connectivity index is 2.10. The molecule has 0 saturated carbocycles. The van der Waals surface area contributed by atoms with Crippen molar-refractivity contribution in [3.8, 4) is 0 Å². The SMILES string of the molecule is CN(CCCC(=O)O)Cc1cc(=O)n2cc(Cl)ccc2n1. The number of carbonyl (C=O) groups is 1. The quantitative estimate of drug-likeness (QED) is 0.878. The minimum Gasteiger partial charge on any atom is -0.481 e. The summed E-state index contributed by atoms with van der Waals surface area (Å²) in [6, 6.07) is 4.85. The predicted molar refractivity (Wildman–Crippen MR) is 79.7 cm³/mol. The predicted octanol–water partition coefficient (Wildman–Crippen LogP) is 1.64. The zero-order chi connectivity index (χ0) is 15.4. The molecule has 21 heavy (non-hydrogen) atoms. The van der Waals surface area contributed by atoms with Gasteiger partial charge in [-0.1, -0.05) is 11.6 Å². The standard InChI is InChI=1S/C14H16ClN3O3/c1-17(6-2-3-14(20)21)9-11-7-13(19)18-8-10(15)4-5-12(18)16-11/h4-5,7-8H,2-3,6,9H2,1H3,(H,20,21). The van der Waals surface area contributed by atoms with Crippen LogP contribution in [-0.2, 0) is 11.3 Å². The van der Waals surface area contributed by atoms with Crippen LogP contribution >= 0.6 is 11.6 Å². The highest BCUT2D eigenvalue weighted by atomic mass is 35.5. The van der Waals surface area contributed by atoms with Crippen molar-refractivity contribution in [2.45, 2.75) is 19.4 Å². The van der Waals surface area contributed by atoms with E-state index in [9.17, 15) is 9.59 Å². The van der Waals surface area contributed by atoms with Crippen LogP contribution in [0.5, 0.6) is 0 Å². The van der Waals surface area contributed by atoms with E-state index in [0.717, 1.165) is 0 Å². The van der Waals surface area contributed by atoms with Crippen LogP contribution in [0.25, 0.3) is 5.65 Å². The third-order valence-electron chi connectivity index (χ3n) is 3.04. The van der Waals surface area contributed by atoms with Crippen molar-refractivity contribution in [2.24, 2.45) is 0 Å². The van der Waals surface area contributed by atoms with Crippen LogP contribution in [0.3, 0.4) is 0 Å². The van der Waals surface area contributed by atoms with E-state index in [-0.39, 0.29) is 12.0 Å². The molecule has 0 bridgehead atoms. The lowest BCUT2D eigenvalue weighted by molar-refractivity contribution is -0.137. The molecule has 2 aromatic heterocycles. The number of aliphatic carboxylic acids is 1. The fourth-order valence-electron chi connectivity index (χ4n) is 2.06. The molecular weight excluding hydrogens is 294 g/mol. The Kier molecular flexibility index (Phi) is 4.93. The van der Waals surface area contributed by atoms with Gasteiger partial charge in [-0.3, -0.25) is 14.0 Å². The van der Waals surface area contributed by atoms with E-state index < -0.39 is 5.97 Å². The average molecular weight is 310 g/mol.